The molecule has 0 aromatic rings. The van der Waals surface area contributed by atoms with Crippen LogP contribution in [0, 0.1) is 5.92 Å². The van der Waals surface area contributed by atoms with Crippen molar-refractivity contribution >= 4 is 5.91 Å². The number of likely N-dealkylation sites (N-methyl/N-ethyl adjacent to an activating group) is 1. The van der Waals surface area contributed by atoms with Gasteiger partial charge in [0.1, 0.15) is 0 Å². The van der Waals surface area contributed by atoms with Gasteiger partial charge in [0, 0.05) is 39.3 Å². The Morgan fingerprint density at radius 3 is 2.11 bits per heavy atom. The third-order valence-electron chi connectivity index (χ3n) is 4.41. The van der Waals surface area contributed by atoms with E-state index < -0.39 is 0 Å². The molecule has 0 aromatic heterocycles. The highest BCUT2D eigenvalue weighted by molar-refractivity contribution is 5.78. The van der Waals surface area contributed by atoms with E-state index in [1.165, 1.54) is 12.8 Å². The summed E-state index contributed by atoms with van der Waals surface area (Å²) in [6, 6.07) is 0. The lowest BCUT2D eigenvalue weighted by Gasteiger charge is -2.36. The standard InChI is InChI=1S/C14H27N3O/c1-3-15-8-10-16(11-9-15)12-14(18)17-6-4-13(2)5-7-17/h13H,3-12H2,1-2H3. The van der Waals surface area contributed by atoms with E-state index in [0.717, 1.165) is 51.7 Å². The molecule has 1 amide bonds. The molecule has 2 rings (SSSR count). The highest BCUT2D eigenvalue weighted by atomic mass is 16.2. The largest absolute Gasteiger partial charge is 0.342 e. The number of carbonyl (C=O) groups excluding carboxylic acids is 1. The molecular weight excluding hydrogens is 226 g/mol. The van der Waals surface area contributed by atoms with Gasteiger partial charge in [-0.2, -0.15) is 0 Å². The lowest BCUT2D eigenvalue weighted by atomic mass is 9.99. The van der Waals surface area contributed by atoms with Gasteiger partial charge in [-0.3, -0.25) is 9.69 Å². The van der Waals surface area contributed by atoms with E-state index in [-0.39, 0.29) is 0 Å². The summed E-state index contributed by atoms with van der Waals surface area (Å²) in [5.74, 6) is 1.13. The maximum absolute atomic E-state index is 12.2. The molecule has 2 heterocycles. The molecule has 0 aliphatic carbocycles. The summed E-state index contributed by atoms with van der Waals surface area (Å²) in [4.78, 5) is 19.0. The molecule has 4 nitrogen and oxygen atoms in total. The van der Waals surface area contributed by atoms with E-state index in [9.17, 15) is 4.79 Å². The summed E-state index contributed by atoms with van der Waals surface area (Å²) < 4.78 is 0. The maximum atomic E-state index is 12.2. The lowest BCUT2D eigenvalue weighted by molar-refractivity contribution is -0.134. The van der Waals surface area contributed by atoms with Crippen molar-refractivity contribution in [1.82, 2.24) is 14.7 Å². The van der Waals surface area contributed by atoms with Crippen LogP contribution in [0.15, 0.2) is 0 Å². The molecule has 2 fully saturated rings. The zero-order chi connectivity index (χ0) is 13.0. The van der Waals surface area contributed by atoms with E-state index in [1.54, 1.807) is 0 Å². The van der Waals surface area contributed by atoms with E-state index in [4.69, 9.17) is 0 Å². The summed E-state index contributed by atoms with van der Waals surface area (Å²) in [7, 11) is 0. The Bertz CT molecular complexity index is 266. The predicted molar refractivity (Wildman–Crippen MR) is 73.5 cm³/mol. The zero-order valence-corrected chi connectivity index (χ0v) is 11.9. The molecule has 4 heteroatoms. The van der Waals surface area contributed by atoms with Gasteiger partial charge in [0.2, 0.25) is 5.91 Å². The fourth-order valence-electron chi connectivity index (χ4n) is 2.81. The Balaban J connectivity index is 1.71. The second-order valence-corrected chi connectivity index (χ2v) is 5.77. The van der Waals surface area contributed by atoms with Gasteiger partial charge < -0.3 is 9.80 Å². The van der Waals surface area contributed by atoms with E-state index in [2.05, 4.69) is 28.5 Å². The molecular formula is C14H27N3O. The van der Waals surface area contributed by atoms with E-state index in [0.29, 0.717) is 12.5 Å². The van der Waals surface area contributed by atoms with Crippen molar-refractivity contribution in [2.45, 2.75) is 26.7 Å². The monoisotopic (exact) mass is 253 g/mol. The van der Waals surface area contributed by atoms with Crippen molar-refractivity contribution in [3.05, 3.63) is 0 Å². The molecule has 0 saturated carbocycles. The smallest absolute Gasteiger partial charge is 0.236 e. The van der Waals surface area contributed by atoms with Gasteiger partial charge in [-0.25, -0.2) is 0 Å². The topological polar surface area (TPSA) is 26.8 Å². The van der Waals surface area contributed by atoms with Crippen molar-refractivity contribution in [1.29, 1.82) is 0 Å². The fourth-order valence-corrected chi connectivity index (χ4v) is 2.81. The van der Waals surface area contributed by atoms with Crippen LogP contribution < -0.4 is 0 Å². The molecule has 0 bridgehead atoms. The SMILES string of the molecule is CCN1CCN(CC(=O)N2CCC(C)CC2)CC1. The Morgan fingerprint density at radius 2 is 1.56 bits per heavy atom. The zero-order valence-electron chi connectivity index (χ0n) is 11.9. The molecule has 2 aliphatic heterocycles. The van der Waals surface area contributed by atoms with Crippen molar-refractivity contribution in [3.8, 4) is 0 Å². The van der Waals surface area contributed by atoms with Crippen molar-refractivity contribution in [2.75, 3.05) is 52.4 Å². The van der Waals surface area contributed by atoms with Gasteiger partial charge in [-0.1, -0.05) is 13.8 Å². The molecule has 0 spiro atoms. The number of piperidine rings is 1. The molecule has 18 heavy (non-hydrogen) atoms. The highest BCUT2D eigenvalue weighted by Crippen LogP contribution is 2.16. The van der Waals surface area contributed by atoms with Gasteiger partial charge in [-0.05, 0) is 25.3 Å². The number of piperazine rings is 1. The van der Waals surface area contributed by atoms with Gasteiger partial charge in [-0.15, -0.1) is 0 Å². The number of amides is 1. The minimum absolute atomic E-state index is 0.340. The summed E-state index contributed by atoms with van der Waals surface area (Å²) in [6.07, 6.45) is 2.35. The summed E-state index contributed by atoms with van der Waals surface area (Å²) in [5, 5.41) is 0. The predicted octanol–water partition coefficient (Wildman–Crippen LogP) is 0.882. The molecule has 0 aromatic carbocycles. The number of hydrogen-bond acceptors (Lipinski definition) is 3. The first-order valence-corrected chi connectivity index (χ1v) is 7.41. The average Bonchev–Trinajstić information content (AvgIpc) is 2.40. The number of nitrogens with zero attached hydrogens (tertiary/aromatic N) is 3. The average molecular weight is 253 g/mol. The van der Waals surface area contributed by atoms with Crippen LogP contribution >= 0.6 is 0 Å². The first-order chi connectivity index (χ1) is 8.69. The summed E-state index contributed by atoms with van der Waals surface area (Å²) >= 11 is 0. The third kappa shape index (κ3) is 3.69. The summed E-state index contributed by atoms with van der Waals surface area (Å²) in [6.45, 7) is 12.5. The number of hydrogen-bond donors (Lipinski definition) is 0. The second-order valence-electron chi connectivity index (χ2n) is 5.77. The van der Waals surface area contributed by atoms with Gasteiger partial charge in [0.25, 0.3) is 0 Å². The minimum Gasteiger partial charge on any atom is -0.342 e. The van der Waals surface area contributed by atoms with Crippen LogP contribution in [0.3, 0.4) is 0 Å². The molecule has 2 saturated heterocycles. The van der Waals surface area contributed by atoms with E-state index in [1.807, 2.05) is 0 Å². The van der Waals surface area contributed by atoms with Crippen LogP contribution in [0.5, 0.6) is 0 Å². The maximum Gasteiger partial charge on any atom is 0.236 e. The van der Waals surface area contributed by atoms with Crippen LogP contribution in [0.25, 0.3) is 0 Å². The van der Waals surface area contributed by atoms with Gasteiger partial charge in [0.15, 0.2) is 0 Å². The second kappa shape index (κ2) is 6.53. The van der Waals surface area contributed by atoms with Crippen LogP contribution in [0.1, 0.15) is 26.7 Å². The number of carbonyl (C=O) groups is 1. The van der Waals surface area contributed by atoms with Crippen LogP contribution in [0.2, 0.25) is 0 Å². The number of likely N-dealkylation sites (tertiary alicyclic amines) is 1. The highest BCUT2D eigenvalue weighted by Gasteiger charge is 2.23. The Labute approximate surface area is 111 Å². The van der Waals surface area contributed by atoms with Gasteiger partial charge in [0.05, 0.1) is 6.54 Å². The minimum atomic E-state index is 0.340. The Morgan fingerprint density at radius 1 is 1.00 bits per heavy atom. The molecule has 2 aliphatic rings. The van der Waals surface area contributed by atoms with Crippen LogP contribution in [0.4, 0.5) is 0 Å². The first-order valence-electron chi connectivity index (χ1n) is 7.41. The summed E-state index contributed by atoms with van der Waals surface area (Å²) in [5.41, 5.74) is 0. The molecule has 104 valence electrons. The van der Waals surface area contributed by atoms with E-state index >= 15 is 0 Å². The molecule has 0 unspecified atom stereocenters. The van der Waals surface area contributed by atoms with Crippen molar-refractivity contribution in [3.63, 3.8) is 0 Å². The third-order valence-corrected chi connectivity index (χ3v) is 4.41. The first kappa shape index (κ1) is 13.8. The lowest BCUT2D eigenvalue weighted by Crippen LogP contribution is -2.50. The fraction of sp³-hybridized carbons (Fsp3) is 0.929. The van der Waals surface area contributed by atoms with Crippen molar-refractivity contribution in [2.24, 2.45) is 5.92 Å². The Hall–Kier alpha value is -0.610. The normalized spacial score (nSPS) is 24.4. The molecule has 0 N–H and O–H groups in total. The Kier molecular flexibility index (Phi) is 5.01. The van der Waals surface area contributed by atoms with Gasteiger partial charge >= 0.3 is 0 Å². The quantitative estimate of drug-likeness (QED) is 0.747. The number of rotatable bonds is 3. The van der Waals surface area contributed by atoms with Crippen molar-refractivity contribution < 1.29 is 4.79 Å². The van der Waals surface area contributed by atoms with Crippen LogP contribution in [-0.4, -0.2) is 73.0 Å². The van der Waals surface area contributed by atoms with Crippen LogP contribution in [-0.2, 0) is 4.79 Å². The molecule has 0 atom stereocenters. The molecule has 0 radical (unpaired) electrons.